The third-order valence-electron chi connectivity index (χ3n) is 1.08. The van der Waals surface area contributed by atoms with E-state index in [9.17, 15) is 9.59 Å². The first-order valence-corrected chi connectivity index (χ1v) is 4.19. The molecule has 0 N–H and O–H groups in total. The van der Waals surface area contributed by atoms with Crippen LogP contribution in [0.4, 0.5) is 0 Å². The molecule has 0 aliphatic heterocycles. The van der Waals surface area contributed by atoms with Crippen molar-refractivity contribution in [2.75, 3.05) is 13.2 Å². The van der Waals surface area contributed by atoms with Crippen molar-refractivity contribution in [2.24, 2.45) is 0 Å². The molecule has 0 aromatic carbocycles. The normalized spacial score (nSPS) is 7.80. The van der Waals surface area contributed by atoms with E-state index < -0.39 is 11.9 Å². The number of esters is 2. The van der Waals surface area contributed by atoms with Crippen molar-refractivity contribution in [3.63, 3.8) is 0 Å². The zero-order valence-electron chi connectivity index (χ0n) is 8.95. The summed E-state index contributed by atoms with van der Waals surface area (Å²) in [5.74, 6) is -1.03. The maximum atomic E-state index is 10.8. The maximum Gasteiger partial charge on any atom is 0.333 e. The lowest BCUT2D eigenvalue weighted by Gasteiger charge is -2.03. The monoisotopic (exact) mass is 212 g/mol. The zero-order chi connectivity index (χ0) is 12.3. The largest absolute Gasteiger partial charge is 0.459 e. The van der Waals surface area contributed by atoms with Crippen LogP contribution in [0.15, 0.2) is 38.0 Å². The molecule has 0 aromatic heterocycles. The molecule has 4 heteroatoms. The third-order valence-corrected chi connectivity index (χ3v) is 1.08. The van der Waals surface area contributed by atoms with E-state index in [4.69, 9.17) is 0 Å². The Bertz CT molecular complexity index is 243. The number of rotatable bonds is 5. The highest BCUT2D eigenvalue weighted by molar-refractivity contribution is 5.86. The number of hydrogen-bond donors (Lipinski definition) is 0. The average molecular weight is 212 g/mol. The highest BCUT2D eigenvalue weighted by Gasteiger charge is 2.02. The second kappa shape index (κ2) is 10.2. The summed E-state index contributed by atoms with van der Waals surface area (Å²) in [5.41, 5.74) is 0.315. The highest BCUT2D eigenvalue weighted by Crippen LogP contribution is 1.91. The van der Waals surface area contributed by atoms with Gasteiger partial charge >= 0.3 is 11.9 Å². The quantitative estimate of drug-likeness (QED) is 0.301. The fourth-order valence-corrected chi connectivity index (χ4v) is 0.459. The van der Waals surface area contributed by atoms with Gasteiger partial charge in [0.15, 0.2) is 0 Å². The van der Waals surface area contributed by atoms with Crippen LogP contribution < -0.4 is 0 Å². The van der Waals surface area contributed by atoms with Crippen LogP contribution in [-0.2, 0) is 19.1 Å². The molecule has 0 heterocycles. The van der Waals surface area contributed by atoms with Crippen LogP contribution in [0.1, 0.15) is 6.92 Å². The lowest BCUT2D eigenvalue weighted by Crippen LogP contribution is -2.12. The topological polar surface area (TPSA) is 52.6 Å². The van der Waals surface area contributed by atoms with Gasteiger partial charge in [-0.3, -0.25) is 0 Å². The van der Waals surface area contributed by atoms with Crippen molar-refractivity contribution in [1.82, 2.24) is 0 Å². The smallest absolute Gasteiger partial charge is 0.333 e. The molecule has 0 spiro atoms. The summed E-state index contributed by atoms with van der Waals surface area (Å²) in [6.07, 6.45) is 1.04. The summed E-state index contributed by atoms with van der Waals surface area (Å²) >= 11 is 0. The average Bonchev–Trinajstić information content (AvgIpc) is 2.26. The van der Waals surface area contributed by atoms with Crippen molar-refractivity contribution in [1.29, 1.82) is 0 Å². The molecule has 0 aliphatic rings. The van der Waals surface area contributed by atoms with E-state index in [1.807, 2.05) is 0 Å². The van der Waals surface area contributed by atoms with Crippen LogP contribution in [-0.4, -0.2) is 25.2 Å². The second-order valence-electron chi connectivity index (χ2n) is 2.29. The van der Waals surface area contributed by atoms with Gasteiger partial charge in [0.1, 0.15) is 13.2 Å². The van der Waals surface area contributed by atoms with Crippen LogP contribution in [0.2, 0.25) is 0 Å². The van der Waals surface area contributed by atoms with E-state index in [1.165, 1.54) is 6.92 Å². The highest BCUT2D eigenvalue weighted by atomic mass is 16.6. The molecule has 0 aliphatic carbocycles. The summed E-state index contributed by atoms with van der Waals surface area (Å²) in [4.78, 5) is 21.3. The van der Waals surface area contributed by atoms with Crippen molar-refractivity contribution < 1.29 is 19.1 Å². The molecule has 0 aromatic rings. The van der Waals surface area contributed by atoms with E-state index in [2.05, 4.69) is 35.8 Å². The first-order valence-electron chi connectivity index (χ1n) is 4.19. The van der Waals surface area contributed by atoms with Crippen LogP contribution >= 0.6 is 0 Å². The summed E-state index contributed by atoms with van der Waals surface area (Å²) in [5, 5.41) is 0. The molecule has 0 radical (unpaired) electrons. The Morgan fingerprint density at radius 3 is 2.07 bits per heavy atom. The molecule has 0 atom stereocenters. The Morgan fingerprint density at radius 2 is 1.67 bits per heavy atom. The van der Waals surface area contributed by atoms with Crippen LogP contribution in [0.5, 0.6) is 0 Å². The second-order valence-corrected chi connectivity index (χ2v) is 2.29. The molecular weight excluding hydrogens is 196 g/mol. The zero-order valence-corrected chi connectivity index (χ0v) is 8.95. The van der Waals surface area contributed by atoms with Crippen LogP contribution in [0.3, 0.4) is 0 Å². The van der Waals surface area contributed by atoms with Gasteiger partial charge in [-0.05, 0) is 6.92 Å². The molecule has 0 saturated carbocycles. The molecule has 4 nitrogen and oxygen atoms in total. The van der Waals surface area contributed by atoms with Crippen LogP contribution in [0.25, 0.3) is 0 Å². The summed E-state index contributed by atoms with van der Waals surface area (Å²) in [6, 6.07) is 0. The molecule has 0 fully saturated rings. The fraction of sp³-hybridized carbons (Fsp3) is 0.273. The Kier molecular flexibility index (Phi) is 10.7. The molecule has 0 amide bonds. The Morgan fingerprint density at radius 1 is 1.20 bits per heavy atom. The number of ether oxygens (including phenoxy) is 2. The third kappa shape index (κ3) is 10.1. The predicted octanol–water partition coefficient (Wildman–Crippen LogP) is 1.64. The number of carbonyl (C=O) groups is 2. The minimum atomic E-state index is -0.536. The molecule has 0 rings (SSSR count). The summed E-state index contributed by atoms with van der Waals surface area (Å²) < 4.78 is 9.21. The van der Waals surface area contributed by atoms with Gasteiger partial charge in [0.2, 0.25) is 0 Å². The molecule has 0 unspecified atom stereocenters. The van der Waals surface area contributed by atoms with Crippen molar-refractivity contribution in [2.45, 2.75) is 6.92 Å². The maximum absolute atomic E-state index is 10.8. The minimum absolute atomic E-state index is 0.0316. The van der Waals surface area contributed by atoms with Gasteiger partial charge in [0.25, 0.3) is 0 Å². The van der Waals surface area contributed by atoms with E-state index in [1.54, 1.807) is 0 Å². The summed E-state index contributed by atoms with van der Waals surface area (Å²) in [7, 11) is 0. The predicted molar refractivity (Wildman–Crippen MR) is 58.2 cm³/mol. The van der Waals surface area contributed by atoms with Crippen LogP contribution in [0, 0.1) is 0 Å². The fourth-order valence-electron chi connectivity index (χ4n) is 0.459. The Balaban J connectivity index is 0. The molecule has 0 saturated heterocycles. The molecule has 0 bridgehead atoms. The minimum Gasteiger partial charge on any atom is -0.459 e. The van der Waals surface area contributed by atoms with Crippen molar-refractivity contribution >= 4 is 11.9 Å². The van der Waals surface area contributed by atoms with Gasteiger partial charge in [-0.2, -0.15) is 0 Å². The molecule has 15 heavy (non-hydrogen) atoms. The van der Waals surface area contributed by atoms with E-state index in [-0.39, 0.29) is 13.2 Å². The first kappa shape index (κ1) is 15.6. The first-order chi connectivity index (χ1) is 7.07. The molecular formula is C11H16O4. The van der Waals surface area contributed by atoms with Crippen molar-refractivity contribution in [3.8, 4) is 0 Å². The number of hydrogen-bond acceptors (Lipinski definition) is 4. The summed E-state index contributed by atoms with van der Waals surface area (Å²) in [6.45, 7) is 14.2. The molecule has 84 valence electrons. The van der Waals surface area contributed by atoms with Gasteiger partial charge < -0.3 is 9.47 Å². The SMILES string of the molecule is C=C.C=CC(=O)OCCOC(=O)C(=C)C. The van der Waals surface area contributed by atoms with Gasteiger partial charge in [-0.1, -0.05) is 13.2 Å². The van der Waals surface area contributed by atoms with Gasteiger partial charge in [-0.15, -0.1) is 13.2 Å². The lowest BCUT2D eigenvalue weighted by molar-refractivity contribution is -0.146. The van der Waals surface area contributed by atoms with E-state index >= 15 is 0 Å². The number of carbonyl (C=O) groups excluding carboxylic acids is 2. The van der Waals surface area contributed by atoms with Gasteiger partial charge in [-0.25, -0.2) is 9.59 Å². The van der Waals surface area contributed by atoms with E-state index in [0.717, 1.165) is 6.08 Å². The Hall–Kier alpha value is -1.84. The van der Waals surface area contributed by atoms with Gasteiger partial charge in [0.05, 0.1) is 0 Å². The van der Waals surface area contributed by atoms with Gasteiger partial charge in [0, 0.05) is 11.6 Å². The standard InChI is InChI=1S/C9H12O4.C2H4/c1-4-8(10)12-5-6-13-9(11)7(2)3;1-2/h4H,1-2,5-6H2,3H3;1-2H2. The Labute approximate surface area is 89.9 Å². The lowest BCUT2D eigenvalue weighted by atomic mass is 10.4. The van der Waals surface area contributed by atoms with E-state index in [0.29, 0.717) is 5.57 Å². The van der Waals surface area contributed by atoms with Crippen molar-refractivity contribution in [3.05, 3.63) is 38.0 Å².